The van der Waals surface area contributed by atoms with Gasteiger partial charge in [-0.05, 0) is 36.8 Å². The highest BCUT2D eigenvalue weighted by Gasteiger charge is 2.33. The minimum absolute atomic E-state index is 0.152. The molecule has 1 N–H and O–H groups in total. The highest BCUT2D eigenvalue weighted by molar-refractivity contribution is 7.99. The van der Waals surface area contributed by atoms with E-state index in [2.05, 4.69) is 20.5 Å². The zero-order chi connectivity index (χ0) is 21.2. The van der Waals surface area contributed by atoms with E-state index in [9.17, 15) is 22.4 Å². The fourth-order valence-electron chi connectivity index (χ4n) is 2.40. The number of aryl methyl sites for hydroxylation is 1. The van der Waals surface area contributed by atoms with Crippen molar-refractivity contribution in [3.63, 3.8) is 0 Å². The Hall–Kier alpha value is -2.95. The van der Waals surface area contributed by atoms with Crippen LogP contribution in [0.4, 0.5) is 23.2 Å². The molecule has 0 fully saturated rings. The van der Waals surface area contributed by atoms with E-state index in [4.69, 9.17) is 0 Å². The Morgan fingerprint density at radius 2 is 2.00 bits per heavy atom. The normalized spacial score (nSPS) is 12.6. The summed E-state index contributed by atoms with van der Waals surface area (Å²) in [6.45, 7) is 1.87. The average Bonchev–Trinajstić information content (AvgIpc) is 3.07. The SMILES string of the molecule is CC(Sc1nncn1C)c1ccc(F)c(NC(=O)c2cccc(C(F)(F)F)n2)c1. The molecular formula is C18H15F4N5OS. The van der Waals surface area contributed by atoms with E-state index >= 15 is 0 Å². The number of anilines is 1. The van der Waals surface area contributed by atoms with Crippen molar-refractivity contribution in [2.75, 3.05) is 5.32 Å². The van der Waals surface area contributed by atoms with E-state index in [0.29, 0.717) is 10.7 Å². The maximum atomic E-state index is 14.2. The molecule has 0 aliphatic carbocycles. The van der Waals surface area contributed by atoms with Gasteiger partial charge < -0.3 is 9.88 Å². The van der Waals surface area contributed by atoms with Crippen LogP contribution in [0.5, 0.6) is 0 Å². The van der Waals surface area contributed by atoms with Crippen LogP contribution in [0.25, 0.3) is 0 Å². The van der Waals surface area contributed by atoms with Gasteiger partial charge >= 0.3 is 6.18 Å². The number of hydrogen-bond donors (Lipinski definition) is 1. The molecule has 2 heterocycles. The van der Waals surface area contributed by atoms with Crippen LogP contribution in [0, 0.1) is 5.82 Å². The molecule has 0 saturated heterocycles. The molecule has 2 aromatic heterocycles. The number of nitrogens with zero attached hydrogens (tertiary/aromatic N) is 4. The summed E-state index contributed by atoms with van der Waals surface area (Å²) >= 11 is 1.38. The van der Waals surface area contributed by atoms with Crippen LogP contribution in [0.15, 0.2) is 47.9 Å². The Balaban J connectivity index is 1.80. The van der Waals surface area contributed by atoms with Gasteiger partial charge in [-0.2, -0.15) is 13.2 Å². The lowest BCUT2D eigenvalue weighted by Gasteiger charge is -2.14. The zero-order valence-corrected chi connectivity index (χ0v) is 16.1. The van der Waals surface area contributed by atoms with Crippen LogP contribution in [0.2, 0.25) is 0 Å². The molecule has 1 aromatic carbocycles. The second-order valence-electron chi connectivity index (χ2n) is 6.08. The summed E-state index contributed by atoms with van der Waals surface area (Å²) in [5.74, 6) is -1.66. The van der Waals surface area contributed by atoms with Crippen LogP contribution in [-0.4, -0.2) is 25.7 Å². The highest BCUT2D eigenvalue weighted by atomic mass is 32.2. The van der Waals surface area contributed by atoms with E-state index in [0.717, 1.165) is 18.2 Å². The van der Waals surface area contributed by atoms with Crippen molar-refractivity contribution in [2.45, 2.75) is 23.5 Å². The van der Waals surface area contributed by atoms with E-state index in [1.54, 1.807) is 24.0 Å². The summed E-state index contributed by atoms with van der Waals surface area (Å²) in [4.78, 5) is 15.6. The van der Waals surface area contributed by atoms with Gasteiger partial charge in [-0.1, -0.05) is 23.9 Å². The third-order valence-electron chi connectivity index (χ3n) is 3.93. The number of alkyl halides is 3. The monoisotopic (exact) mass is 425 g/mol. The van der Waals surface area contributed by atoms with E-state index in [1.807, 2.05) is 6.92 Å². The Morgan fingerprint density at radius 1 is 1.24 bits per heavy atom. The molecule has 152 valence electrons. The highest BCUT2D eigenvalue weighted by Crippen LogP contribution is 2.35. The van der Waals surface area contributed by atoms with Crippen molar-refractivity contribution in [3.8, 4) is 0 Å². The Labute approximate surface area is 167 Å². The maximum absolute atomic E-state index is 14.2. The summed E-state index contributed by atoms with van der Waals surface area (Å²) in [5, 5.41) is 10.5. The van der Waals surface area contributed by atoms with Gasteiger partial charge in [0.25, 0.3) is 5.91 Å². The van der Waals surface area contributed by atoms with Gasteiger partial charge in [0.2, 0.25) is 0 Å². The van der Waals surface area contributed by atoms with Crippen molar-refractivity contribution in [1.29, 1.82) is 0 Å². The van der Waals surface area contributed by atoms with Crippen molar-refractivity contribution in [3.05, 3.63) is 65.5 Å². The van der Waals surface area contributed by atoms with Crippen molar-refractivity contribution >= 4 is 23.4 Å². The van der Waals surface area contributed by atoms with Gasteiger partial charge in [-0.3, -0.25) is 4.79 Å². The molecule has 0 aliphatic rings. The topological polar surface area (TPSA) is 72.7 Å². The molecule has 0 bridgehead atoms. The standard InChI is InChI=1S/C18H15F4N5OS/c1-10(29-17-26-23-9-27(17)2)11-6-7-12(19)14(8-11)25-16(28)13-4-3-5-15(24-13)18(20,21)22/h3-10H,1-2H3,(H,25,28). The first kappa shape index (κ1) is 20.8. The number of carbonyl (C=O) groups is 1. The molecule has 1 amide bonds. The van der Waals surface area contributed by atoms with Gasteiger partial charge in [-0.15, -0.1) is 10.2 Å². The maximum Gasteiger partial charge on any atom is 0.433 e. The first-order valence-corrected chi connectivity index (χ1v) is 9.19. The summed E-state index contributed by atoms with van der Waals surface area (Å²) in [7, 11) is 1.79. The third-order valence-corrected chi connectivity index (χ3v) is 5.14. The number of carbonyl (C=O) groups excluding carboxylic acids is 1. The largest absolute Gasteiger partial charge is 0.433 e. The third kappa shape index (κ3) is 4.91. The van der Waals surface area contributed by atoms with E-state index in [-0.39, 0.29) is 10.9 Å². The fourth-order valence-corrected chi connectivity index (χ4v) is 3.31. The van der Waals surface area contributed by atoms with Gasteiger partial charge in [0, 0.05) is 12.3 Å². The molecule has 29 heavy (non-hydrogen) atoms. The molecule has 11 heteroatoms. The molecule has 0 radical (unpaired) electrons. The van der Waals surface area contributed by atoms with Crippen molar-refractivity contribution < 1.29 is 22.4 Å². The van der Waals surface area contributed by atoms with Crippen molar-refractivity contribution in [2.24, 2.45) is 7.05 Å². The lowest BCUT2D eigenvalue weighted by molar-refractivity contribution is -0.141. The second kappa shape index (κ2) is 8.19. The smallest absolute Gasteiger partial charge is 0.318 e. The molecule has 0 aliphatic heterocycles. The summed E-state index contributed by atoms with van der Waals surface area (Å²) in [5.41, 5.74) is -1.14. The predicted octanol–water partition coefficient (Wildman–Crippen LogP) is 4.47. The first-order chi connectivity index (χ1) is 13.6. The Kier molecular flexibility index (Phi) is 5.87. The number of halogens is 4. The van der Waals surface area contributed by atoms with Crippen LogP contribution >= 0.6 is 11.8 Å². The predicted molar refractivity (Wildman–Crippen MR) is 98.9 cm³/mol. The number of aromatic nitrogens is 4. The summed E-state index contributed by atoms with van der Waals surface area (Å²) < 4.78 is 54.2. The molecule has 3 aromatic rings. The molecule has 6 nitrogen and oxygen atoms in total. The molecule has 1 atom stereocenters. The van der Waals surface area contributed by atoms with Gasteiger partial charge in [-0.25, -0.2) is 9.37 Å². The zero-order valence-electron chi connectivity index (χ0n) is 15.2. The second-order valence-corrected chi connectivity index (χ2v) is 7.39. The Morgan fingerprint density at radius 3 is 2.66 bits per heavy atom. The van der Waals surface area contributed by atoms with E-state index < -0.39 is 29.3 Å². The fraction of sp³-hybridized carbons (Fsp3) is 0.222. The summed E-state index contributed by atoms with van der Waals surface area (Å²) in [6, 6.07) is 7.11. The number of benzene rings is 1. The lowest BCUT2D eigenvalue weighted by atomic mass is 10.1. The van der Waals surface area contributed by atoms with Crippen LogP contribution in [0.1, 0.15) is 33.9 Å². The molecule has 0 spiro atoms. The molecule has 1 unspecified atom stereocenters. The Bertz CT molecular complexity index is 1040. The van der Waals surface area contributed by atoms with Crippen molar-refractivity contribution in [1.82, 2.24) is 19.7 Å². The minimum atomic E-state index is -4.69. The number of thioether (sulfide) groups is 1. The molecular weight excluding hydrogens is 410 g/mol. The van der Waals surface area contributed by atoms with Gasteiger partial charge in [0.05, 0.1) is 5.69 Å². The average molecular weight is 425 g/mol. The number of hydrogen-bond acceptors (Lipinski definition) is 5. The quantitative estimate of drug-likeness (QED) is 0.482. The number of nitrogens with one attached hydrogen (secondary N) is 1. The number of amides is 1. The lowest BCUT2D eigenvalue weighted by Crippen LogP contribution is -2.17. The summed E-state index contributed by atoms with van der Waals surface area (Å²) in [6.07, 6.45) is -3.14. The number of pyridine rings is 1. The minimum Gasteiger partial charge on any atom is -0.318 e. The number of rotatable bonds is 5. The van der Waals surface area contributed by atoms with Crippen LogP contribution in [0.3, 0.4) is 0 Å². The molecule has 0 saturated carbocycles. The van der Waals surface area contributed by atoms with Gasteiger partial charge in [0.1, 0.15) is 23.5 Å². The van der Waals surface area contributed by atoms with E-state index in [1.165, 1.54) is 23.9 Å². The van der Waals surface area contributed by atoms with Crippen LogP contribution in [-0.2, 0) is 13.2 Å². The molecule has 3 rings (SSSR count). The first-order valence-electron chi connectivity index (χ1n) is 8.31. The van der Waals surface area contributed by atoms with Crippen LogP contribution < -0.4 is 5.32 Å². The van der Waals surface area contributed by atoms with Gasteiger partial charge in [0.15, 0.2) is 5.16 Å².